The van der Waals surface area contributed by atoms with Crippen LogP contribution in [0.4, 0.5) is 0 Å². The second kappa shape index (κ2) is 3.71. The van der Waals surface area contributed by atoms with E-state index in [0.717, 1.165) is 6.29 Å². The van der Waals surface area contributed by atoms with Crippen LogP contribution in [0.1, 0.15) is 32.6 Å². The van der Waals surface area contributed by atoms with E-state index in [9.17, 15) is 4.79 Å². The lowest BCUT2D eigenvalue weighted by molar-refractivity contribution is -0.112. The maximum absolute atomic E-state index is 10.0. The Hall–Kier alpha value is -0.370. The van der Waals surface area contributed by atoms with Gasteiger partial charge < -0.3 is 9.53 Å². The largest absolute Gasteiger partial charge is 0.375 e. The zero-order valence-electron chi connectivity index (χ0n) is 6.38. The van der Waals surface area contributed by atoms with Crippen LogP contribution in [0.3, 0.4) is 0 Å². The zero-order valence-corrected chi connectivity index (χ0v) is 6.38. The van der Waals surface area contributed by atoms with Crippen LogP contribution in [0, 0.1) is 0 Å². The lowest BCUT2D eigenvalue weighted by Gasteiger charge is -2.28. The first-order valence-electron chi connectivity index (χ1n) is 3.92. The van der Waals surface area contributed by atoms with Crippen LogP contribution in [0.25, 0.3) is 0 Å². The highest BCUT2D eigenvalue weighted by atomic mass is 16.5. The number of hydrogen-bond acceptors (Lipinski definition) is 2. The van der Waals surface area contributed by atoms with Crippen molar-refractivity contribution in [2.24, 2.45) is 0 Å². The maximum atomic E-state index is 10.0. The van der Waals surface area contributed by atoms with Crippen LogP contribution < -0.4 is 0 Å². The molecule has 0 aromatic carbocycles. The first kappa shape index (κ1) is 7.73. The van der Waals surface area contributed by atoms with E-state index in [1.54, 1.807) is 0 Å². The molecule has 0 radical (unpaired) electrons. The molecule has 0 saturated heterocycles. The van der Waals surface area contributed by atoms with Gasteiger partial charge in [0.1, 0.15) is 6.29 Å². The molecular formula is C8H14O2. The van der Waals surface area contributed by atoms with Crippen molar-refractivity contribution >= 4 is 6.29 Å². The summed E-state index contributed by atoms with van der Waals surface area (Å²) in [4.78, 5) is 10.0. The SMILES string of the molecule is C[C@H](CC=O)OC1CCC1. The molecule has 0 spiro atoms. The Morgan fingerprint density at radius 3 is 2.80 bits per heavy atom. The number of carbonyl (C=O) groups is 1. The van der Waals surface area contributed by atoms with Crippen LogP contribution in [0.15, 0.2) is 0 Å². The molecule has 1 aliphatic rings. The Kier molecular flexibility index (Phi) is 2.87. The van der Waals surface area contributed by atoms with Crippen LogP contribution in [-0.2, 0) is 9.53 Å². The minimum atomic E-state index is 0.128. The zero-order chi connectivity index (χ0) is 7.40. The molecule has 0 unspecified atom stereocenters. The Morgan fingerprint density at radius 1 is 1.70 bits per heavy atom. The molecule has 0 aliphatic heterocycles. The average Bonchev–Trinajstić information content (AvgIpc) is 1.80. The summed E-state index contributed by atoms with van der Waals surface area (Å²) in [6, 6.07) is 0. The third kappa shape index (κ3) is 2.10. The lowest BCUT2D eigenvalue weighted by Crippen LogP contribution is -2.26. The topological polar surface area (TPSA) is 26.3 Å². The van der Waals surface area contributed by atoms with Crippen molar-refractivity contribution in [3.05, 3.63) is 0 Å². The molecule has 2 nitrogen and oxygen atoms in total. The molecule has 1 atom stereocenters. The Bertz CT molecular complexity index is 108. The van der Waals surface area contributed by atoms with Gasteiger partial charge in [0.25, 0.3) is 0 Å². The summed E-state index contributed by atoms with van der Waals surface area (Å²) in [5.41, 5.74) is 0. The van der Waals surface area contributed by atoms with Gasteiger partial charge >= 0.3 is 0 Å². The summed E-state index contributed by atoms with van der Waals surface area (Å²) in [6.45, 7) is 1.95. The lowest BCUT2D eigenvalue weighted by atomic mass is 9.96. The molecule has 1 saturated carbocycles. The van der Waals surface area contributed by atoms with E-state index in [1.807, 2.05) is 6.92 Å². The monoisotopic (exact) mass is 142 g/mol. The summed E-state index contributed by atoms with van der Waals surface area (Å²) in [5.74, 6) is 0. The maximum Gasteiger partial charge on any atom is 0.122 e. The summed E-state index contributed by atoms with van der Waals surface area (Å²) in [5, 5.41) is 0. The highest BCUT2D eigenvalue weighted by Gasteiger charge is 2.19. The summed E-state index contributed by atoms with van der Waals surface area (Å²) >= 11 is 0. The normalized spacial score (nSPS) is 21.7. The molecule has 2 heteroatoms. The van der Waals surface area contributed by atoms with Crippen LogP contribution in [0.2, 0.25) is 0 Å². The predicted octanol–water partition coefficient (Wildman–Crippen LogP) is 1.53. The summed E-state index contributed by atoms with van der Waals surface area (Å²) in [6.07, 6.45) is 5.70. The molecule has 10 heavy (non-hydrogen) atoms. The summed E-state index contributed by atoms with van der Waals surface area (Å²) in [7, 11) is 0. The van der Waals surface area contributed by atoms with Crippen LogP contribution in [-0.4, -0.2) is 18.5 Å². The van der Waals surface area contributed by atoms with Crippen molar-refractivity contribution in [2.45, 2.75) is 44.8 Å². The van der Waals surface area contributed by atoms with E-state index in [0.29, 0.717) is 12.5 Å². The van der Waals surface area contributed by atoms with Gasteiger partial charge in [0.2, 0.25) is 0 Å². The van der Waals surface area contributed by atoms with E-state index >= 15 is 0 Å². The molecule has 1 rings (SSSR count). The fraction of sp³-hybridized carbons (Fsp3) is 0.875. The molecule has 58 valence electrons. The molecule has 0 aromatic heterocycles. The van der Waals surface area contributed by atoms with E-state index in [1.165, 1.54) is 19.3 Å². The van der Waals surface area contributed by atoms with Gasteiger partial charge in [0, 0.05) is 6.42 Å². The van der Waals surface area contributed by atoms with Gasteiger partial charge in [-0.1, -0.05) is 0 Å². The minimum Gasteiger partial charge on any atom is -0.375 e. The number of aldehydes is 1. The van der Waals surface area contributed by atoms with Crippen LogP contribution >= 0.6 is 0 Å². The number of ether oxygens (including phenoxy) is 1. The molecule has 0 heterocycles. The molecule has 1 aliphatic carbocycles. The first-order chi connectivity index (χ1) is 4.83. The van der Waals surface area contributed by atoms with Gasteiger partial charge in [-0.05, 0) is 26.2 Å². The van der Waals surface area contributed by atoms with Crippen molar-refractivity contribution in [1.29, 1.82) is 0 Å². The van der Waals surface area contributed by atoms with Gasteiger partial charge in [-0.2, -0.15) is 0 Å². The Morgan fingerprint density at radius 2 is 2.40 bits per heavy atom. The van der Waals surface area contributed by atoms with Crippen molar-refractivity contribution in [3.8, 4) is 0 Å². The first-order valence-corrected chi connectivity index (χ1v) is 3.92. The van der Waals surface area contributed by atoms with Crippen molar-refractivity contribution in [3.63, 3.8) is 0 Å². The quantitative estimate of drug-likeness (QED) is 0.556. The number of rotatable bonds is 4. The van der Waals surface area contributed by atoms with E-state index in [4.69, 9.17) is 4.74 Å². The standard InChI is InChI=1S/C8H14O2/c1-7(5-6-9)10-8-3-2-4-8/h6-8H,2-5H2,1H3/t7-/m1/s1. The summed E-state index contributed by atoms with van der Waals surface area (Å²) < 4.78 is 5.50. The van der Waals surface area contributed by atoms with E-state index in [-0.39, 0.29) is 6.10 Å². The van der Waals surface area contributed by atoms with Gasteiger partial charge in [0.15, 0.2) is 0 Å². The van der Waals surface area contributed by atoms with Gasteiger partial charge in [-0.25, -0.2) is 0 Å². The Labute approximate surface area is 61.6 Å². The molecule has 0 amide bonds. The molecule has 0 aromatic rings. The minimum absolute atomic E-state index is 0.128. The van der Waals surface area contributed by atoms with Gasteiger partial charge in [0.05, 0.1) is 12.2 Å². The third-order valence-corrected chi connectivity index (χ3v) is 1.91. The predicted molar refractivity (Wildman–Crippen MR) is 38.9 cm³/mol. The number of carbonyl (C=O) groups excluding carboxylic acids is 1. The molecular weight excluding hydrogens is 128 g/mol. The highest BCUT2D eigenvalue weighted by Crippen LogP contribution is 2.23. The van der Waals surface area contributed by atoms with Gasteiger partial charge in [-0.3, -0.25) is 0 Å². The van der Waals surface area contributed by atoms with Gasteiger partial charge in [-0.15, -0.1) is 0 Å². The second-order valence-electron chi connectivity index (χ2n) is 2.90. The fourth-order valence-electron chi connectivity index (χ4n) is 1.03. The average molecular weight is 142 g/mol. The molecule has 0 N–H and O–H groups in total. The molecule has 0 bridgehead atoms. The van der Waals surface area contributed by atoms with E-state index < -0.39 is 0 Å². The second-order valence-corrected chi connectivity index (χ2v) is 2.90. The number of hydrogen-bond donors (Lipinski definition) is 0. The molecule has 1 fully saturated rings. The fourth-order valence-corrected chi connectivity index (χ4v) is 1.03. The van der Waals surface area contributed by atoms with E-state index in [2.05, 4.69) is 0 Å². The van der Waals surface area contributed by atoms with Crippen molar-refractivity contribution < 1.29 is 9.53 Å². The smallest absolute Gasteiger partial charge is 0.122 e. The Balaban J connectivity index is 2.04. The highest BCUT2D eigenvalue weighted by molar-refractivity contribution is 5.49. The van der Waals surface area contributed by atoms with Crippen molar-refractivity contribution in [2.75, 3.05) is 0 Å². The van der Waals surface area contributed by atoms with Crippen molar-refractivity contribution in [1.82, 2.24) is 0 Å². The van der Waals surface area contributed by atoms with Crippen LogP contribution in [0.5, 0.6) is 0 Å². The third-order valence-electron chi connectivity index (χ3n) is 1.91.